The third-order valence-corrected chi connectivity index (χ3v) is 12.2. The number of furan rings is 1. The lowest BCUT2D eigenvalue weighted by Gasteiger charge is -2.31. The molecule has 8 aromatic carbocycles. The van der Waals surface area contributed by atoms with Crippen molar-refractivity contribution in [1.82, 2.24) is 9.97 Å². The third-order valence-electron chi connectivity index (χ3n) is 12.2. The first-order valence-electron chi connectivity index (χ1n) is 21.8. The molecule has 0 aliphatic heterocycles. The molecule has 63 heavy (non-hydrogen) atoms. The maximum atomic E-state index is 6.45. The number of benzene rings is 8. The van der Waals surface area contributed by atoms with Crippen molar-refractivity contribution in [2.24, 2.45) is 0 Å². The average Bonchev–Trinajstić information content (AvgIpc) is 3.66. The molecule has 3 aromatic heterocycles. The van der Waals surface area contributed by atoms with E-state index in [9.17, 15) is 0 Å². The Kier molecular flexibility index (Phi) is 8.88. The van der Waals surface area contributed by atoms with Gasteiger partial charge in [0.15, 0.2) is 0 Å². The van der Waals surface area contributed by atoms with Crippen LogP contribution in [0, 0.1) is 0 Å². The van der Waals surface area contributed by atoms with Crippen LogP contribution in [0.3, 0.4) is 0 Å². The second-order valence-corrected chi connectivity index (χ2v) is 18.7. The molecule has 0 saturated heterocycles. The van der Waals surface area contributed by atoms with E-state index in [0.29, 0.717) is 0 Å². The van der Waals surface area contributed by atoms with E-state index in [4.69, 9.17) is 14.4 Å². The molecule has 0 aliphatic carbocycles. The lowest BCUT2D eigenvalue weighted by Crippen LogP contribution is -2.18. The highest BCUT2D eigenvalue weighted by Gasteiger charge is 2.30. The fourth-order valence-electron chi connectivity index (χ4n) is 9.40. The summed E-state index contributed by atoms with van der Waals surface area (Å²) in [6.45, 7) is 13.6. The summed E-state index contributed by atoms with van der Waals surface area (Å²) in [7, 11) is 0. The maximum absolute atomic E-state index is 6.45. The van der Waals surface area contributed by atoms with Gasteiger partial charge in [-0.25, -0.2) is 0 Å². The van der Waals surface area contributed by atoms with Gasteiger partial charge in [0.05, 0.1) is 22.4 Å². The van der Waals surface area contributed by atoms with Crippen LogP contribution >= 0.6 is 0 Å². The van der Waals surface area contributed by atoms with Gasteiger partial charge in [0, 0.05) is 83.3 Å². The third kappa shape index (κ3) is 6.63. The molecular weight excluding hydrogens is 769 g/mol. The fraction of sp³-hybridized carbons (Fsp3) is 0.138. The average molecular weight is 817 g/mol. The van der Waals surface area contributed by atoms with Gasteiger partial charge in [0.1, 0.15) is 11.2 Å². The quantitative estimate of drug-likeness (QED) is 0.150. The molecular formula is C58H48N4O. The zero-order valence-electron chi connectivity index (χ0n) is 36.5. The highest BCUT2D eigenvalue weighted by Crippen LogP contribution is 2.48. The molecule has 11 aromatic rings. The monoisotopic (exact) mass is 816 g/mol. The molecule has 306 valence electrons. The van der Waals surface area contributed by atoms with Crippen molar-refractivity contribution in [2.75, 3.05) is 9.80 Å². The number of rotatable bonds is 7. The van der Waals surface area contributed by atoms with Gasteiger partial charge in [0.2, 0.25) is 0 Å². The van der Waals surface area contributed by atoms with Gasteiger partial charge in [0.25, 0.3) is 0 Å². The lowest BCUT2D eigenvalue weighted by atomic mass is 9.83. The molecule has 0 bridgehead atoms. The summed E-state index contributed by atoms with van der Waals surface area (Å²) in [6.07, 6.45) is 0. The Morgan fingerprint density at radius 1 is 0.349 bits per heavy atom. The molecule has 0 amide bonds. The molecule has 3 heterocycles. The first kappa shape index (κ1) is 38.4. The summed E-state index contributed by atoms with van der Waals surface area (Å²) >= 11 is 0. The van der Waals surface area contributed by atoms with Crippen LogP contribution < -0.4 is 9.80 Å². The van der Waals surface area contributed by atoms with Crippen molar-refractivity contribution < 1.29 is 4.42 Å². The van der Waals surface area contributed by atoms with Crippen LogP contribution in [0.15, 0.2) is 186 Å². The summed E-state index contributed by atoms with van der Waals surface area (Å²) in [4.78, 5) is 16.1. The molecule has 11 rings (SSSR count). The predicted octanol–water partition coefficient (Wildman–Crippen LogP) is 16.5. The first-order valence-corrected chi connectivity index (χ1v) is 21.8. The lowest BCUT2D eigenvalue weighted by molar-refractivity contribution is 0.576. The van der Waals surface area contributed by atoms with Gasteiger partial charge in [-0.3, -0.25) is 9.97 Å². The number of para-hydroxylation sites is 3. The Morgan fingerprint density at radius 3 is 1.32 bits per heavy atom. The van der Waals surface area contributed by atoms with E-state index in [1.807, 2.05) is 12.1 Å². The Hall–Kier alpha value is -7.50. The summed E-state index contributed by atoms with van der Waals surface area (Å²) < 4.78 is 6.45. The first-order chi connectivity index (χ1) is 30.5. The maximum Gasteiger partial charge on any atom is 0.137 e. The molecule has 0 saturated carbocycles. The fourth-order valence-corrected chi connectivity index (χ4v) is 9.40. The van der Waals surface area contributed by atoms with Gasteiger partial charge in [-0.1, -0.05) is 139 Å². The second kappa shape index (κ2) is 14.6. The molecule has 5 heteroatoms. The SMILES string of the molecule is CC(C)(C)c1nc2cc(N(c3ccccc3)c3ccc4c(c3)oc3ccccc34)cc3c(C(C)(C)C)nc4cc(N(c5ccccc5)c5ccc(-c6ccccc6)cc5)cc1c4c23. The summed E-state index contributed by atoms with van der Waals surface area (Å²) in [6, 6.07) is 64.7. The summed E-state index contributed by atoms with van der Waals surface area (Å²) in [5.41, 5.74) is 13.8. The summed E-state index contributed by atoms with van der Waals surface area (Å²) in [5, 5.41) is 6.72. The minimum absolute atomic E-state index is 0.283. The highest BCUT2D eigenvalue weighted by atomic mass is 16.3. The number of hydrogen-bond acceptors (Lipinski definition) is 5. The molecule has 5 nitrogen and oxygen atoms in total. The zero-order chi connectivity index (χ0) is 43.0. The van der Waals surface area contributed by atoms with Crippen molar-refractivity contribution in [3.8, 4) is 11.1 Å². The van der Waals surface area contributed by atoms with Gasteiger partial charge in [-0.15, -0.1) is 0 Å². The van der Waals surface area contributed by atoms with E-state index in [2.05, 4.69) is 221 Å². The molecule has 0 atom stereocenters. The number of nitrogens with zero attached hydrogens (tertiary/aromatic N) is 4. The minimum atomic E-state index is -0.286. The van der Waals surface area contributed by atoms with Gasteiger partial charge in [-0.05, 0) is 90.0 Å². The molecule has 0 aliphatic rings. The van der Waals surface area contributed by atoms with E-state index in [1.165, 1.54) is 11.1 Å². The Balaban J connectivity index is 1.16. The van der Waals surface area contributed by atoms with Gasteiger partial charge < -0.3 is 14.2 Å². The Morgan fingerprint density at radius 2 is 0.778 bits per heavy atom. The van der Waals surface area contributed by atoms with Crippen molar-refractivity contribution in [3.63, 3.8) is 0 Å². The molecule has 0 unspecified atom stereocenters. The topological polar surface area (TPSA) is 45.4 Å². The normalized spacial score (nSPS) is 12.3. The van der Waals surface area contributed by atoms with E-state index in [0.717, 1.165) is 100 Å². The Labute approximate surface area is 368 Å². The van der Waals surface area contributed by atoms with Crippen LogP contribution in [0.1, 0.15) is 52.9 Å². The molecule has 0 spiro atoms. The number of fused-ring (bicyclic) bond motifs is 3. The standard InChI is InChI=1S/C58H48N4O/c1-57(2,3)55-47-32-43(61(39-20-12-8-13-21-39)41-28-26-38(27-29-41)37-18-10-7-11-19-37)34-49-53(47)54-48(56(59-49)58(4,5)6)33-44(35-50(54)60-55)62(40-22-14-9-15-23-40)42-30-31-46-45-24-16-17-25-51(45)63-52(46)36-42/h7-36H,1-6H3. The van der Waals surface area contributed by atoms with E-state index >= 15 is 0 Å². The van der Waals surface area contributed by atoms with E-state index < -0.39 is 0 Å². The van der Waals surface area contributed by atoms with Crippen LogP contribution in [-0.4, -0.2) is 9.97 Å². The van der Waals surface area contributed by atoms with Crippen LogP contribution in [0.4, 0.5) is 34.1 Å². The van der Waals surface area contributed by atoms with Crippen LogP contribution in [-0.2, 0) is 10.8 Å². The van der Waals surface area contributed by atoms with Crippen LogP contribution in [0.2, 0.25) is 0 Å². The second-order valence-electron chi connectivity index (χ2n) is 18.7. The summed E-state index contributed by atoms with van der Waals surface area (Å²) in [5.74, 6) is 0. The largest absolute Gasteiger partial charge is 0.456 e. The van der Waals surface area contributed by atoms with E-state index in [-0.39, 0.29) is 10.8 Å². The van der Waals surface area contributed by atoms with Crippen molar-refractivity contribution >= 4 is 88.6 Å². The minimum Gasteiger partial charge on any atom is -0.456 e. The Bertz CT molecular complexity index is 3450. The van der Waals surface area contributed by atoms with Gasteiger partial charge >= 0.3 is 0 Å². The van der Waals surface area contributed by atoms with E-state index in [1.54, 1.807) is 0 Å². The van der Waals surface area contributed by atoms with Crippen molar-refractivity contribution in [2.45, 2.75) is 52.4 Å². The van der Waals surface area contributed by atoms with Gasteiger partial charge in [-0.2, -0.15) is 0 Å². The number of pyridine rings is 2. The van der Waals surface area contributed by atoms with Crippen molar-refractivity contribution in [3.05, 3.63) is 193 Å². The number of hydrogen-bond donors (Lipinski definition) is 0. The highest BCUT2D eigenvalue weighted by molar-refractivity contribution is 6.24. The van der Waals surface area contributed by atoms with Crippen LogP contribution in [0.5, 0.6) is 0 Å². The zero-order valence-corrected chi connectivity index (χ0v) is 36.5. The number of anilines is 6. The van der Waals surface area contributed by atoms with Crippen molar-refractivity contribution in [1.29, 1.82) is 0 Å². The molecule has 0 radical (unpaired) electrons. The smallest absolute Gasteiger partial charge is 0.137 e. The van der Waals surface area contributed by atoms with Crippen LogP contribution in [0.25, 0.3) is 65.6 Å². The molecule has 0 fully saturated rings. The number of aromatic nitrogens is 2. The predicted molar refractivity (Wildman–Crippen MR) is 265 cm³/mol. The molecule has 0 N–H and O–H groups in total.